The van der Waals surface area contributed by atoms with Crippen LogP contribution in [0.4, 0.5) is 0 Å². The number of nitrogens with one attached hydrogen (secondary N) is 2. The molecule has 6 nitrogen and oxygen atoms in total. The van der Waals surface area contributed by atoms with Gasteiger partial charge in [0.15, 0.2) is 6.10 Å². The molecule has 2 rings (SSSR count). The number of benzene rings is 1. The van der Waals surface area contributed by atoms with Gasteiger partial charge in [0.2, 0.25) is 5.91 Å². The van der Waals surface area contributed by atoms with Gasteiger partial charge in [-0.25, -0.2) is 0 Å². The number of hydrogen-bond donors (Lipinski definition) is 2. The van der Waals surface area contributed by atoms with E-state index in [1.807, 2.05) is 12.1 Å². The van der Waals surface area contributed by atoms with Gasteiger partial charge in [-0.05, 0) is 43.3 Å². The topological polar surface area (TPSA) is 80.6 Å². The second-order valence-corrected chi connectivity index (χ2v) is 5.70. The van der Waals surface area contributed by atoms with Crippen LogP contribution < -0.4 is 15.4 Å². The molecule has 2 aromatic rings. The van der Waals surface area contributed by atoms with Crippen molar-refractivity contribution in [2.75, 3.05) is 6.54 Å². The Balaban J connectivity index is 1.70. The smallest absolute Gasteiger partial charge is 0.261 e. The van der Waals surface area contributed by atoms with E-state index in [1.165, 1.54) is 6.26 Å². The fourth-order valence-electron chi connectivity index (χ4n) is 1.74. The number of hydrogen-bond acceptors (Lipinski definition) is 4. The second-order valence-electron chi connectivity index (χ2n) is 4.79. The maximum absolute atomic E-state index is 11.9. The number of amides is 2. The lowest BCUT2D eigenvalue weighted by Gasteiger charge is -2.14. The molecule has 0 aliphatic carbocycles. The molecular weight excluding hydrogens is 364 g/mol. The minimum Gasteiger partial charge on any atom is -0.481 e. The number of carbonyl (C=O) groups is 2. The second kappa shape index (κ2) is 8.38. The fourth-order valence-corrected chi connectivity index (χ4v) is 2.01. The third-order valence-electron chi connectivity index (χ3n) is 2.96. The van der Waals surface area contributed by atoms with Crippen LogP contribution in [0.15, 0.2) is 51.6 Å². The van der Waals surface area contributed by atoms with E-state index in [2.05, 4.69) is 26.6 Å². The zero-order valence-electron chi connectivity index (χ0n) is 12.5. The number of ether oxygens (including phenoxy) is 1. The van der Waals surface area contributed by atoms with Gasteiger partial charge in [0.05, 0.1) is 19.4 Å². The van der Waals surface area contributed by atoms with Crippen molar-refractivity contribution in [2.45, 2.75) is 19.6 Å². The van der Waals surface area contributed by atoms with Gasteiger partial charge in [0.25, 0.3) is 5.91 Å². The summed E-state index contributed by atoms with van der Waals surface area (Å²) in [5, 5.41) is 5.17. The van der Waals surface area contributed by atoms with Gasteiger partial charge in [-0.15, -0.1) is 0 Å². The molecule has 1 atom stereocenters. The highest BCUT2D eigenvalue weighted by Crippen LogP contribution is 2.17. The van der Waals surface area contributed by atoms with Crippen molar-refractivity contribution >= 4 is 27.7 Å². The van der Waals surface area contributed by atoms with E-state index in [-0.39, 0.29) is 24.9 Å². The third kappa shape index (κ3) is 5.78. The molecule has 2 amide bonds. The van der Waals surface area contributed by atoms with Gasteiger partial charge >= 0.3 is 0 Å². The average molecular weight is 381 g/mol. The largest absolute Gasteiger partial charge is 0.481 e. The summed E-state index contributed by atoms with van der Waals surface area (Å²) in [5.74, 6) is 0.571. The maximum atomic E-state index is 11.9. The summed E-state index contributed by atoms with van der Waals surface area (Å²) >= 11 is 3.32. The number of rotatable bonds is 7. The first kappa shape index (κ1) is 17.1. The quantitative estimate of drug-likeness (QED) is 0.771. The molecule has 23 heavy (non-hydrogen) atoms. The van der Waals surface area contributed by atoms with Crippen LogP contribution in [-0.2, 0) is 16.1 Å². The van der Waals surface area contributed by atoms with Crippen molar-refractivity contribution in [3.63, 3.8) is 0 Å². The van der Waals surface area contributed by atoms with Crippen LogP contribution in [0.25, 0.3) is 0 Å². The number of furan rings is 1. The van der Waals surface area contributed by atoms with Crippen LogP contribution in [0.1, 0.15) is 12.7 Å². The minimum absolute atomic E-state index is 0.117. The van der Waals surface area contributed by atoms with E-state index < -0.39 is 6.10 Å². The summed E-state index contributed by atoms with van der Waals surface area (Å²) in [6.45, 7) is 1.79. The summed E-state index contributed by atoms with van der Waals surface area (Å²) in [6, 6.07) is 10.6. The van der Waals surface area contributed by atoms with E-state index in [4.69, 9.17) is 9.15 Å². The Morgan fingerprint density at radius 2 is 1.96 bits per heavy atom. The standard InChI is InChI=1S/C16H17BrN2O4/c1-11(23-13-6-4-12(17)5-7-13)16(21)19-10-15(20)18-9-14-3-2-8-22-14/h2-8,11H,9-10H2,1H3,(H,18,20)(H,19,21). The highest BCUT2D eigenvalue weighted by atomic mass is 79.9. The first-order valence-electron chi connectivity index (χ1n) is 7.03. The third-order valence-corrected chi connectivity index (χ3v) is 3.49. The molecule has 0 aliphatic rings. The van der Waals surface area contributed by atoms with Crippen LogP contribution >= 0.6 is 15.9 Å². The molecule has 0 radical (unpaired) electrons. The molecule has 1 aromatic carbocycles. The van der Waals surface area contributed by atoms with E-state index in [9.17, 15) is 9.59 Å². The lowest BCUT2D eigenvalue weighted by molar-refractivity contribution is -0.130. The normalized spacial score (nSPS) is 11.6. The maximum Gasteiger partial charge on any atom is 0.261 e. The number of halogens is 1. The van der Waals surface area contributed by atoms with Gasteiger partial charge in [0, 0.05) is 4.47 Å². The molecule has 0 bridgehead atoms. The van der Waals surface area contributed by atoms with Gasteiger partial charge in [-0.1, -0.05) is 15.9 Å². The highest BCUT2D eigenvalue weighted by Gasteiger charge is 2.15. The van der Waals surface area contributed by atoms with Crippen molar-refractivity contribution in [3.8, 4) is 5.75 Å². The zero-order chi connectivity index (χ0) is 16.7. The van der Waals surface area contributed by atoms with Crippen LogP contribution in [0.3, 0.4) is 0 Å². The van der Waals surface area contributed by atoms with Crippen molar-refractivity contribution in [1.82, 2.24) is 10.6 Å². The Morgan fingerprint density at radius 3 is 2.61 bits per heavy atom. The highest BCUT2D eigenvalue weighted by molar-refractivity contribution is 9.10. The monoisotopic (exact) mass is 380 g/mol. The lowest BCUT2D eigenvalue weighted by atomic mass is 10.3. The molecule has 0 saturated heterocycles. The molecule has 2 N–H and O–H groups in total. The molecule has 122 valence electrons. The summed E-state index contributed by atoms with van der Waals surface area (Å²) in [6.07, 6.45) is 0.832. The van der Waals surface area contributed by atoms with Crippen molar-refractivity contribution in [3.05, 3.63) is 52.9 Å². The molecule has 0 saturated carbocycles. The molecule has 1 heterocycles. The molecule has 1 unspecified atom stereocenters. The SMILES string of the molecule is CC(Oc1ccc(Br)cc1)C(=O)NCC(=O)NCc1ccco1. The minimum atomic E-state index is -0.700. The zero-order valence-corrected chi connectivity index (χ0v) is 14.1. The Hall–Kier alpha value is -2.28. The molecule has 0 aliphatic heterocycles. The Morgan fingerprint density at radius 1 is 1.22 bits per heavy atom. The van der Waals surface area contributed by atoms with E-state index in [1.54, 1.807) is 31.2 Å². The predicted molar refractivity (Wildman–Crippen MR) is 87.8 cm³/mol. The van der Waals surface area contributed by atoms with Gasteiger partial charge in [-0.3, -0.25) is 9.59 Å². The van der Waals surface area contributed by atoms with Crippen molar-refractivity contribution in [2.24, 2.45) is 0 Å². The fraction of sp³-hybridized carbons (Fsp3) is 0.250. The van der Waals surface area contributed by atoms with Crippen LogP contribution in [-0.4, -0.2) is 24.5 Å². The van der Waals surface area contributed by atoms with Crippen LogP contribution in [0.5, 0.6) is 5.75 Å². The van der Waals surface area contributed by atoms with Crippen molar-refractivity contribution < 1.29 is 18.7 Å². The molecule has 1 aromatic heterocycles. The van der Waals surface area contributed by atoms with Gasteiger partial charge in [-0.2, -0.15) is 0 Å². The van der Waals surface area contributed by atoms with E-state index >= 15 is 0 Å². The first-order chi connectivity index (χ1) is 11.0. The summed E-state index contributed by atoms with van der Waals surface area (Å²) in [7, 11) is 0. The van der Waals surface area contributed by atoms with Crippen LogP contribution in [0, 0.1) is 0 Å². The number of carbonyl (C=O) groups excluding carboxylic acids is 2. The summed E-state index contributed by atoms with van der Waals surface area (Å²) in [5.41, 5.74) is 0. The molecule has 0 fully saturated rings. The van der Waals surface area contributed by atoms with Gasteiger partial charge in [0.1, 0.15) is 11.5 Å². The molecule has 0 spiro atoms. The Labute approximate surface area is 142 Å². The summed E-state index contributed by atoms with van der Waals surface area (Å²) < 4.78 is 11.5. The summed E-state index contributed by atoms with van der Waals surface area (Å²) in [4.78, 5) is 23.6. The first-order valence-corrected chi connectivity index (χ1v) is 7.83. The van der Waals surface area contributed by atoms with Crippen molar-refractivity contribution in [1.29, 1.82) is 0 Å². The predicted octanol–water partition coefficient (Wildman–Crippen LogP) is 2.24. The Bertz CT molecular complexity index is 641. The average Bonchev–Trinajstić information content (AvgIpc) is 3.06. The van der Waals surface area contributed by atoms with E-state index in [0.717, 1.165) is 4.47 Å². The lowest BCUT2D eigenvalue weighted by Crippen LogP contribution is -2.42. The Kier molecular flexibility index (Phi) is 6.22. The van der Waals surface area contributed by atoms with E-state index in [0.29, 0.717) is 11.5 Å². The van der Waals surface area contributed by atoms with Crippen LogP contribution in [0.2, 0.25) is 0 Å². The van der Waals surface area contributed by atoms with Gasteiger partial charge < -0.3 is 19.8 Å². The molecule has 7 heteroatoms. The molecular formula is C16H17BrN2O4.